The minimum Gasteiger partial charge on any atom is -0.493 e. The summed E-state index contributed by atoms with van der Waals surface area (Å²) < 4.78 is 21.0. The number of nitrogens with zero attached hydrogens (tertiary/aromatic N) is 1. The van der Waals surface area contributed by atoms with E-state index < -0.39 is 0 Å². The number of hydrogen-bond donors (Lipinski definition) is 2. The highest BCUT2D eigenvalue weighted by atomic mass is 32.1. The van der Waals surface area contributed by atoms with Crippen LogP contribution in [0, 0.1) is 0 Å². The quantitative estimate of drug-likeness (QED) is 0.579. The number of hydrogen-bond acceptors (Lipinski definition) is 8. The number of methoxy groups -OCH3 is 2. The largest absolute Gasteiger partial charge is 0.493 e. The molecular formula is C21H19N3O6S. The lowest BCUT2D eigenvalue weighted by Gasteiger charge is -2.10. The second-order valence-corrected chi connectivity index (χ2v) is 7.32. The van der Waals surface area contributed by atoms with Crippen LogP contribution in [0.25, 0.3) is 0 Å². The van der Waals surface area contributed by atoms with Gasteiger partial charge in [0.1, 0.15) is 0 Å². The zero-order valence-electron chi connectivity index (χ0n) is 16.8. The first kappa shape index (κ1) is 20.5. The summed E-state index contributed by atoms with van der Waals surface area (Å²) in [7, 11) is 3.07. The van der Waals surface area contributed by atoms with Gasteiger partial charge in [-0.05, 0) is 30.3 Å². The number of benzene rings is 2. The van der Waals surface area contributed by atoms with Gasteiger partial charge in [0.2, 0.25) is 12.7 Å². The van der Waals surface area contributed by atoms with Crippen molar-refractivity contribution < 1.29 is 28.5 Å². The van der Waals surface area contributed by atoms with Gasteiger partial charge in [-0.1, -0.05) is 0 Å². The Labute approximate surface area is 181 Å². The Balaban J connectivity index is 1.35. The zero-order chi connectivity index (χ0) is 21.8. The lowest BCUT2D eigenvalue weighted by molar-refractivity contribution is -0.115. The predicted molar refractivity (Wildman–Crippen MR) is 115 cm³/mol. The number of ether oxygens (including phenoxy) is 4. The van der Waals surface area contributed by atoms with Gasteiger partial charge in [-0.15, -0.1) is 11.3 Å². The van der Waals surface area contributed by atoms with Crippen molar-refractivity contribution in [3.63, 3.8) is 0 Å². The van der Waals surface area contributed by atoms with E-state index in [1.807, 2.05) is 0 Å². The van der Waals surface area contributed by atoms with E-state index in [4.69, 9.17) is 18.9 Å². The van der Waals surface area contributed by atoms with Gasteiger partial charge >= 0.3 is 0 Å². The van der Waals surface area contributed by atoms with Gasteiger partial charge in [-0.3, -0.25) is 14.9 Å². The number of thiazole rings is 1. The molecule has 3 aromatic rings. The lowest BCUT2D eigenvalue weighted by Crippen LogP contribution is -2.15. The highest BCUT2D eigenvalue weighted by molar-refractivity contribution is 7.14. The molecule has 0 unspecified atom stereocenters. The van der Waals surface area contributed by atoms with Crippen LogP contribution in [0.15, 0.2) is 41.8 Å². The number of carbonyl (C=O) groups excluding carboxylic acids is 2. The third-order valence-corrected chi connectivity index (χ3v) is 5.22. The first-order chi connectivity index (χ1) is 15.1. The molecule has 1 aliphatic heterocycles. The molecule has 1 aromatic heterocycles. The molecule has 31 heavy (non-hydrogen) atoms. The van der Waals surface area contributed by atoms with Crippen molar-refractivity contribution in [2.75, 3.05) is 31.6 Å². The number of anilines is 2. The molecule has 0 saturated heterocycles. The maximum Gasteiger partial charge on any atom is 0.257 e. The van der Waals surface area contributed by atoms with Crippen LogP contribution in [0.5, 0.6) is 23.0 Å². The third kappa shape index (κ3) is 4.69. The second kappa shape index (κ2) is 8.92. The van der Waals surface area contributed by atoms with Crippen LogP contribution < -0.4 is 29.6 Å². The van der Waals surface area contributed by atoms with E-state index >= 15 is 0 Å². The first-order valence-corrected chi connectivity index (χ1v) is 10.1. The highest BCUT2D eigenvalue weighted by Crippen LogP contribution is 2.33. The fourth-order valence-corrected chi connectivity index (χ4v) is 3.64. The summed E-state index contributed by atoms with van der Waals surface area (Å²) in [6.45, 7) is 0.140. The van der Waals surface area contributed by atoms with Gasteiger partial charge < -0.3 is 24.3 Å². The molecule has 10 heteroatoms. The smallest absolute Gasteiger partial charge is 0.257 e. The van der Waals surface area contributed by atoms with Gasteiger partial charge in [0.05, 0.1) is 26.3 Å². The van der Waals surface area contributed by atoms with Crippen LogP contribution in [-0.2, 0) is 11.2 Å². The van der Waals surface area contributed by atoms with Gasteiger partial charge in [-0.25, -0.2) is 4.98 Å². The average molecular weight is 441 g/mol. The molecule has 0 bridgehead atoms. The number of aromatic nitrogens is 1. The first-order valence-electron chi connectivity index (χ1n) is 9.23. The predicted octanol–water partition coefficient (Wildman–Crippen LogP) is 3.32. The summed E-state index contributed by atoms with van der Waals surface area (Å²) in [4.78, 5) is 29.1. The van der Waals surface area contributed by atoms with E-state index in [1.54, 1.807) is 48.9 Å². The number of fused-ring (bicyclic) bond motifs is 1. The van der Waals surface area contributed by atoms with E-state index in [0.717, 1.165) is 0 Å². The summed E-state index contributed by atoms with van der Waals surface area (Å²) in [5.41, 5.74) is 1.55. The van der Waals surface area contributed by atoms with Crippen LogP contribution in [0.3, 0.4) is 0 Å². The molecule has 0 saturated carbocycles. The van der Waals surface area contributed by atoms with Crippen molar-refractivity contribution in [1.82, 2.24) is 4.98 Å². The van der Waals surface area contributed by atoms with Crippen molar-refractivity contribution in [1.29, 1.82) is 0 Å². The highest BCUT2D eigenvalue weighted by Gasteiger charge is 2.17. The molecule has 2 amide bonds. The Hall–Kier alpha value is -3.79. The van der Waals surface area contributed by atoms with Crippen molar-refractivity contribution >= 4 is 34.0 Å². The maximum absolute atomic E-state index is 12.5. The average Bonchev–Trinajstić information content (AvgIpc) is 3.42. The molecule has 0 aliphatic carbocycles. The van der Waals surface area contributed by atoms with Crippen LogP contribution in [0.1, 0.15) is 16.1 Å². The van der Waals surface area contributed by atoms with E-state index in [-0.39, 0.29) is 25.0 Å². The van der Waals surface area contributed by atoms with Gasteiger partial charge in [0, 0.05) is 22.7 Å². The van der Waals surface area contributed by atoms with Crippen molar-refractivity contribution in [2.45, 2.75) is 6.42 Å². The van der Waals surface area contributed by atoms with Crippen LogP contribution >= 0.6 is 11.3 Å². The molecule has 0 atom stereocenters. The number of carbonyl (C=O) groups is 2. The van der Waals surface area contributed by atoms with E-state index in [0.29, 0.717) is 45.1 Å². The normalized spacial score (nSPS) is 11.7. The molecule has 0 spiro atoms. The number of amides is 2. The fraction of sp³-hybridized carbons (Fsp3) is 0.190. The van der Waals surface area contributed by atoms with Crippen LogP contribution in [0.4, 0.5) is 10.8 Å². The Kier molecular flexibility index (Phi) is 5.89. The standard InChI is InChI=1S/C21H19N3O6S/c1-27-15-6-4-13(8-17(15)28-2)22-19(25)9-14-10-31-21(23-14)24-20(26)12-3-5-16-18(7-12)30-11-29-16/h3-8,10H,9,11H2,1-2H3,(H,22,25)(H,23,24,26). The molecule has 2 N–H and O–H groups in total. The Morgan fingerprint density at radius 3 is 2.65 bits per heavy atom. The minimum absolute atomic E-state index is 0.0603. The van der Waals surface area contributed by atoms with Crippen molar-refractivity contribution in [2.24, 2.45) is 0 Å². The Morgan fingerprint density at radius 2 is 1.84 bits per heavy atom. The lowest BCUT2D eigenvalue weighted by atomic mass is 10.2. The summed E-state index contributed by atoms with van der Waals surface area (Å²) >= 11 is 1.24. The van der Waals surface area contributed by atoms with Crippen molar-refractivity contribution in [3.05, 3.63) is 53.0 Å². The SMILES string of the molecule is COc1ccc(NC(=O)Cc2csc(NC(=O)c3ccc4c(c3)OCO4)n2)cc1OC. The number of rotatable bonds is 7. The molecular weight excluding hydrogens is 422 g/mol. The summed E-state index contributed by atoms with van der Waals surface area (Å²) in [6, 6.07) is 10.0. The van der Waals surface area contributed by atoms with Crippen LogP contribution in [0.2, 0.25) is 0 Å². The molecule has 0 fully saturated rings. The third-order valence-electron chi connectivity index (χ3n) is 4.42. The van der Waals surface area contributed by atoms with Gasteiger partial charge in [-0.2, -0.15) is 0 Å². The molecule has 9 nitrogen and oxygen atoms in total. The molecule has 0 radical (unpaired) electrons. The van der Waals surface area contributed by atoms with Gasteiger partial charge in [0.15, 0.2) is 28.1 Å². The zero-order valence-corrected chi connectivity index (χ0v) is 17.6. The summed E-state index contributed by atoms with van der Waals surface area (Å²) in [5, 5.41) is 7.65. The number of nitrogens with one attached hydrogen (secondary N) is 2. The molecule has 4 rings (SSSR count). The van der Waals surface area contributed by atoms with Gasteiger partial charge in [0.25, 0.3) is 5.91 Å². The van der Waals surface area contributed by atoms with E-state index in [2.05, 4.69) is 15.6 Å². The monoisotopic (exact) mass is 441 g/mol. The van der Waals surface area contributed by atoms with Crippen molar-refractivity contribution in [3.8, 4) is 23.0 Å². The summed E-state index contributed by atoms with van der Waals surface area (Å²) in [5.74, 6) is 1.65. The molecule has 2 heterocycles. The molecule has 1 aliphatic rings. The Bertz CT molecular complexity index is 1130. The molecule has 2 aromatic carbocycles. The van der Waals surface area contributed by atoms with E-state index in [9.17, 15) is 9.59 Å². The topological polar surface area (TPSA) is 108 Å². The second-order valence-electron chi connectivity index (χ2n) is 6.46. The Morgan fingerprint density at radius 1 is 1.03 bits per heavy atom. The summed E-state index contributed by atoms with van der Waals surface area (Å²) in [6.07, 6.45) is 0.0603. The minimum atomic E-state index is -0.325. The molecule has 160 valence electrons. The van der Waals surface area contributed by atoms with Crippen LogP contribution in [-0.4, -0.2) is 37.8 Å². The maximum atomic E-state index is 12.5. The fourth-order valence-electron chi connectivity index (χ4n) is 2.94. The van der Waals surface area contributed by atoms with E-state index in [1.165, 1.54) is 18.4 Å².